The summed E-state index contributed by atoms with van der Waals surface area (Å²) in [6.45, 7) is 0. The van der Waals surface area contributed by atoms with E-state index in [1.165, 1.54) is 7.11 Å². The number of para-hydroxylation sites is 1. The molecule has 2 N–H and O–H groups in total. The number of ether oxygens (including phenoxy) is 1. The van der Waals surface area contributed by atoms with E-state index in [2.05, 4.69) is 10.4 Å². The number of nitrogens with one attached hydrogen (secondary N) is 1. The zero-order chi connectivity index (χ0) is 18.3. The zero-order valence-electron chi connectivity index (χ0n) is 13.9. The molecule has 1 amide bonds. The smallest absolute Gasteiger partial charge is 0.226 e. The standard InChI is InChI=1S/C19H16ClN3O3/c1-26-17-8-11(6-7-16(17)24)12-9-18(25)22-19-13(12)10-21-23(19)15-5-3-2-4-14(15)20/h2-8,10,12,24H,9H2,1H3,(H,22,25). The van der Waals surface area contributed by atoms with Crippen molar-refractivity contribution in [3.05, 3.63) is 64.8 Å². The number of anilines is 1. The second kappa shape index (κ2) is 6.38. The van der Waals surface area contributed by atoms with E-state index in [1.807, 2.05) is 18.2 Å². The third-order valence-electron chi connectivity index (χ3n) is 4.51. The molecular weight excluding hydrogens is 354 g/mol. The van der Waals surface area contributed by atoms with Crippen molar-refractivity contribution in [3.8, 4) is 17.2 Å². The average molecular weight is 370 g/mol. The van der Waals surface area contributed by atoms with Crippen LogP contribution in [0.4, 0.5) is 5.82 Å². The quantitative estimate of drug-likeness (QED) is 0.737. The van der Waals surface area contributed by atoms with Gasteiger partial charge < -0.3 is 15.2 Å². The van der Waals surface area contributed by atoms with Gasteiger partial charge in [-0.15, -0.1) is 0 Å². The van der Waals surface area contributed by atoms with Crippen LogP contribution in [0.1, 0.15) is 23.5 Å². The van der Waals surface area contributed by atoms with Crippen LogP contribution in [-0.2, 0) is 4.79 Å². The number of nitrogens with zero attached hydrogens (tertiary/aromatic N) is 2. The molecule has 3 aromatic rings. The Labute approximate surface area is 155 Å². The van der Waals surface area contributed by atoms with Crippen LogP contribution in [0.3, 0.4) is 0 Å². The minimum atomic E-state index is -0.190. The maximum atomic E-state index is 12.3. The number of amides is 1. The highest BCUT2D eigenvalue weighted by Gasteiger charge is 2.31. The highest BCUT2D eigenvalue weighted by molar-refractivity contribution is 6.32. The number of aromatic hydroxyl groups is 1. The molecule has 1 aromatic heterocycles. The second-order valence-corrected chi connectivity index (χ2v) is 6.46. The van der Waals surface area contributed by atoms with Crippen molar-refractivity contribution in [1.82, 2.24) is 9.78 Å². The van der Waals surface area contributed by atoms with E-state index in [4.69, 9.17) is 16.3 Å². The van der Waals surface area contributed by atoms with Crippen LogP contribution in [0.15, 0.2) is 48.7 Å². The van der Waals surface area contributed by atoms with Gasteiger partial charge in [0, 0.05) is 17.9 Å². The van der Waals surface area contributed by atoms with Gasteiger partial charge in [-0.05, 0) is 29.8 Å². The third kappa shape index (κ3) is 2.68. The molecule has 6 nitrogen and oxygen atoms in total. The van der Waals surface area contributed by atoms with Crippen LogP contribution in [0.5, 0.6) is 11.5 Å². The Morgan fingerprint density at radius 3 is 2.88 bits per heavy atom. The Morgan fingerprint density at radius 2 is 2.12 bits per heavy atom. The summed E-state index contributed by atoms with van der Waals surface area (Å²) in [4.78, 5) is 12.3. The summed E-state index contributed by atoms with van der Waals surface area (Å²) in [5.41, 5.74) is 2.45. The van der Waals surface area contributed by atoms with E-state index in [0.29, 0.717) is 22.3 Å². The van der Waals surface area contributed by atoms with Crippen LogP contribution in [0.25, 0.3) is 5.69 Å². The van der Waals surface area contributed by atoms with Crippen molar-refractivity contribution in [2.24, 2.45) is 0 Å². The van der Waals surface area contributed by atoms with Crippen LogP contribution in [0.2, 0.25) is 5.02 Å². The average Bonchev–Trinajstić information content (AvgIpc) is 3.05. The molecule has 26 heavy (non-hydrogen) atoms. The molecule has 1 unspecified atom stereocenters. The number of methoxy groups -OCH3 is 1. The van der Waals surface area contributed by atoms with Gasteiger partial charge in [-0.2, -0.15) is 5.10 Å². The Morgan fingerprint density at radius 1 is 1.31 bits per heavy atom. The summed E-state index contributed by atoms with van der Waals surface area (Å²) in [5, 5.41) is 17.7. The first kappa shape index (κ1) is 16.5. The lowest BCUT2D eigenvalue weighted by Crippen LogP contribution is -2.24. The molecule has 0 saturated heterocycles. The van der Waals surface area contributed by atoms with Crippen molar-refractivity contribution in [3.63, 3.8) is 0 Å². The molecule has 0 bridgehead atoms. The summed E-state index contributed by atoms with van der Waals surface area (Å²) in [6, 6.07) is 12.4. The summed E-state index contributed by atoms with van der Waals surface area (Å²) >= 11 is 6.29. The summed E-state index contributed by atoms with van der Waals surface area (Å²) in [6.07, 6.45) is 2.03. The third-order valence-corrected chi connectivity index (χ3v) is 4.83. The fraction of sp³-hybridized carbons (Fsp3) is 0.158. The van der Waals surface area contributed by atoms with Crippen molar-refractivity contribution >= 4 is 23.3 Å². The number of phenolic OH excluding ortho intramolecular Hbond substituents is 1. The molecule has 4 rings (SSSR count). The van der Waals surface area contributed by atoms with Gasteiger partial charge in [-0.25, -0.2) is 4.68 Å². The van der Waals surface area contributed by atoms with Gasteiger partial charge in [-0.3, -0.25) is 4.79 Å². The number of hydrogen-bond acceptors (Lipinski definition) is 4. The number of halogens is 1. The number of fused-ring (bicyclic) bond motifs is 1. The molecule has 0 radical (unpaired) electrons. The van der Waals surface area contributed by atoms with Gasteiger partial charge in [0.2, 0.25) is 5.91 Å². The second-order valence-electron chi connectivity index (χ2n) is 6.05. The van der Waals surface area contributed by atoms with Crippen molar-refractivity contribution < 1.29 is 14.6 Å². The van der Waals surface area contributed by atoms with Crippen LogP contribution in [-0.4, -0.2) is 27.9 Å². The minimum Gasteiger partial charge on any atom is -0.504 e. The Hall–Kier alpha value is -2.99. The van der Waals surface area contributed by atoms with Crippen LogP contribution >= 0.6 is 11.6 Å². The fourth-order valence-corrected chi connectivity index (χ4v) is 3.45. The van der Waals surface area contributed by atoms with Gasteiger partial charge in [0.05, 0.1) is 24.0 Å². The summed E-state index contributed by atoms with van der Waals surface area (Å²) in [5.74, 6) is 0.733. The molecule has 0 fully saturated rings. The number of carbonyl (C=O) groups excluding carboxylic acids is 1. The number of rotatable bonds is 3. The van der Waals surface area contributed by atoms with Gasteiger partial charge in [0.1, 0.15) is 5.82 Å². The molecule has 0 aliphatic carbocycles. The molecule has 2 heterocycles. The van der Waals surface area contributed by atoms with E-state index in [0.717, 1.165) is 11.1 Å². The van der Waals surface area contributed by atoms with E-state index >= 15 is 0 Å². The first-order valence-electron chi connectivity index (χ1n) is 8.08. The Balaban J connectivity index is 1.83. The predicted octanol–water partition coefficient (Wildman–Crippen LogP) is 3.71. The monoisotopic (exact) mass is 369 g/mol. The van der Waals surface area contributed by atoms with Gasteiger partial charge in [-0.1, -0.05) is 29.8 Å². The molecule has 2 aromatic carbocycles. The maximum Gasteiger partial charge on any atom is 0.226 e. The molecular formula is C19H16ClN3O3. The van der Waals surface area contributed by atoms with E-state index in [-0.39, 0.29) is 24.0 Å². The molecule has 0 spiro atoms. The SMILES string of the molecule is COc1cc(C2CC(=O)Nc3c2cnn3-c2ccccc2Cl)ccc1O. The number of phenols is 1. The topological polar surface area (TPSA) is 76.4 Å². The Bertz CT molecular complexity index is 999. The first-order valence-corrected chi connectivity index (χ1v) is 8.46. The highest BCUT2D eigenvalue weighted by atomic mass is 35.5. The van der Waals surface area contributed by atoms with Crippen molar-refractivity contribution in [2.45, 2.75) is 12.3 Å². The van der Waals surface area contributed by atoms with E-state index < -0.39 is 0 Å². The molecule has 7 heteroatoms. The van der Waals surface area contributed by atoms with Gasteiger partial charge in [0.15, 0.2) is 11.5 Å². The fourth-order valence-electron chi connectivity index (χ4n) is 3.23. The molecule has 132 valence electrons. The first-order chi connectivity index (χ1) is 12.6. The molecule has 1 aliphatic heterocycles. The lowest BCUT2D eigenvalue weighted by atomic mass is 9.87. The van der Waals surface area contributed by atoms with Crippen LogP contribution < -0.4 is 10.1 Å². The predicted molar refractivity (Wildman–Crippen MR) is 98.3 cm³/mol. The lowest BCUT2D eigenvalue weighted by Gasteiger charge is -2.24. The van der Waals surface area contributed by atoms with Crippen molar-refractivity contribution in [1.29, 1.82) is 0 Å². The lowest BCUT2D eigenvalue weighted by molar-refractivity contribution is -0.116. The molecule has 1 aliphatic rings. The van der Waals surface area contributed by atoms with Gasteiger partial charge >= 0.3 is 0 Å². The normalized spacial score (nSPS) is 16.1. The van der Waals surface area contributed by atoms with E-state index in [1.54, 1.807) is 35.1 Å². The number of benzene rings is 2. The Kier molecular flexibility index (Phi) is 4.05. The summed E-state index contributed by atoms with van der Waals surface area (Å²) in [7, 11) is 1.49. The largest absolute Gasteiger partial charge is 0.504 e. The van der Waals surface area contributed by atoms with Gasteiger partial charge in [0.25, 0.3) is 0 Å². The number of aromatic nitrogens is 2. The summed E-state index contributed by atoms with van der Waals surface area (Å²) < 4.78 is 6.83. The number of hydrogen-bond donors (Lipinski definition) is 2. The molecule has 0 saturated carbocycles. The maximum absolute atomic E-state index is 12.3. The number of carbonyl (C=O) groups is 1. The molecule has 1 atom stereocenters. The highest BCUT2D eigenvalue weighted by Crippen LogP contribution is 2.41. The minimum absolute atomic E-state index is 0.0588. The zero-order valence-corrected chi connectivity index (χ0v) is 14.7. The van der Waals surface area contributed by atoms with Crippen LogP contribution in [0, 0.1) is 0 Å². The van der Waals surface area contributed by atoms with E-state index in [9.17, 15) is 9.90 Å². The van der Waals surface area contributed by atoms with Crippen molar-refractivity contribution in [2.75, 3.05) is 12.4 Å².